The van der Waals surface area contributed by atoms with Crippen LogP contribution >= 0.6 is 11.8 Å². The predicted molar refractivity (Wildman–Crippen MR) is 84.5 cm³/mol. The quantitative estimate of drug-likeness (QED) is 0.688. The van der Waals surface area contributed by atoms with Crippen LogP contribution in [0.5, 0.6) is 0 Å². The van der Waals surface area contributed by atoms with Gasteiger partial charge in [-0.05, 0) is 32.9 Å². The van der Waals surface area contributed by atoms with Crippen LogP contribution in [0.25, 0.3) is 11.5 Å². The molecule has 0 unspecified atom stereocenters. The second-order valence-electron chi connectivity index (χ2n) is 5.16. The SMILES string of the molecule is Cc1ccc(-c2nnc([C@H](C)Sc3nnc(C)n3C)o2)cc1. The summed E-state index contributed by atoms with van der Waals surface area (Å²) in [5.41, 5.74) is 2.13. The van der Waals surface area contributed by atoms with Gasteiger partial charge in [0.05, 0.1) is 5.25 Å². The predicted octanol–water partition coefficient (Wildman–Crippen LogP) is 3.34. The van der Waals surface area contributed by atoms with Gasteiger partial charge in [-0.25, -0.2) is 0 Å². The van der Waals surface area contributed by atoms with Crippen LogP contribution in [0.1, 0.15) is 29.5 Å². The molecule has 3 rings (SSSR count). The third kappa shape index (κ3) is 2.89. The van der Waals surface area contributed by atoms with Crippen LogP contribution in [-0.4, -0.2) is 25.0 Å². The van der Waals surface area contributed by atoms with Gasteiger partial charge in [0.25, 0.3) is 0 Å². The van der Waals surface area contributed by atoms with Gasteiger partial charge in [0.15, 0.2) is 5.16 Å². The second kappa shape index (κ2) is 5.92. The molecule has 7 heteroatoms. The molecule has 0 saturated carbocycles. The summed E-state index contributed by atoms with van der Waals surface area (Å²) in [4.78, 5) is 0. The van der Waals surface area contributed by atoms with Gasteiger partial charge in [0, 0.05) is 12.6 Å². The van der Waals surface area contributed by atoms with Crippen LogP contribution in [-0.2, 0) is 7.05 Å². The molecule has 22 heavy (non-hydrogen) atoms. The molecule has 2 heterocycles. The van der Waals surface area contributed by atoms with E-state index < -0.39 is 0 Å². The van der Waals surface area contributed by atoms with Crippen molar-refractivity contribution in [2.45, 2.75) is 31.2 Å². The van der Waals surface area contributed by atoms with Gasteiger partial charge < -0.3 is 8.98 Å². The zero-order valence-corrected chi connectivity index (χ0v) is 13.8. The van der Waals surface area contributed by atoms with Crippen molar-refractivity contribution in [1.29, 1.82) is 0 Å². The van der Waals surface area contributed by atoms with Gasteiger partial charge >= 0.3 is 0 Å². The molecule has 0 spiro atoms. The van der Waals surface area contributed by atoms with Crippen LogP contribution in [0.4, 0.5) is 0 Å². The Morgan fingerprint density at radius 1 is 1.05 bits per heavy atom. The topological polar surface area (TPSA) is 69.6 Å². The van der Waals surface area contributed by atoms with Crippen LogP contribution in [0.2, 0.25) is 0 Å². The molecule has 0 aliphatic rings. The lowest BCUT2D eigenvalue weighted by Crippen LogP contribution is -1.96. The lowest BCUT2D eigenvalue weighted by atomic mass is 10.1. The van der Waals surface area contributed by atoms with Crippen molar-refractivity contribution in [2.24, 2.45) is 7.05 Å². The van der Waals surface area contributed by atoms with Gasteiger partial charge in [-0.2, -0.15) is 0 Å². The average Bonchev–Trinajstić information content (AvgIpc) is 3.11. The molecule has 0 aliphatic heterocycles. The van der Waals surface area contributed by atoms with E-state index in [1.807, 2.05) is 56.7 Å². The summed E-state index contributed by atoms with van der Waals surface area (Å²) in [5, 5.41) is 17.3. The van der Waals surface area contributed by atoms with Crippen molar-refractivity contribution in [3.8, 4) is 11.5 Å². The zero-order chi connectivity index (χ0) is 15.7. The molecule has 0 bridgehead atoms. The molecule has 0 amide bonds. The van der Waals surface area contributed by atoms with E-state index in [9.17, 15) is 0 Å². The smallest absolute Gasteiger partial charge is 0.247 e. The zero-order valence-electron chi connectivity index (χ0n) is 12.9. The summed E-state index contributed by atoms with van der Waals surface area (Å²) < 4.78 is 7.73. The van der Waals surface area contributed by atoms with Crippen LogP contribution < -0.4 is 0 Å². The highest BCUT2D eigenvalue weighted by molar-refractivity contribution is 7.99. The monoisotopic (exact) mass is 315 g/mol. The van der Waals surface area contributed by atoms with E-state index in [0.29, 0.717) is 11.8 Å². The van der Waals surface area contributed by atoms with Crippen LogP contribution in [0.15, 0.2) is 33.8 Å². The summed E-state index contributed by atoms with van der Waals surface area (Å²) in [6.07, 6.45) is 0. The molecule has 3 aromatic rings. The van der Waals surface area contributed by atoms with Crippen LogP contribution in [0, 0.1) is 13.8 Å². The molecule has 1 atom stereocenters. The fourth-order valence-electron chi connectivity index (χ4n) is 1.91. The van der Waals surface area contributed by atoms with Crippen molar-refractivity contribution in [1.82, 2.24) is 25.0 Å². The molecule has 0 saturated heterocycles. The normalized spacial score (nSPS) is 12.5. The molecule has 0 aliphatic carbocycles. The summed E-state index contributed by atoms with van der Waals surface area (Å²) in [6.45, 7) is 5.98. The number of hydrogen-bond donors (Lipinski definition) is 0. The van der Waals surface area contributed by atoms with E-state index in [-0.39, 0.29) is 5.25 Å². The Morgan fingerprint density at radius 2 is 1.77 bits per heavy atom. The number of hydrogen-bond acceptors (Lipinski definition) is 6. The van der Waals surface area contributed by atoms with E-state index in [1.165, 1.54) is 5.56 Å². The largest absolute Gasteiger partial charge is 0.419 e. The Labute approximate surface area is 133 Å². The van der Waals surface area contributed by atoms with Gasteiger partial charge in [-0.15, -0.1) is 20.4 Å². The van der Waals surface area contributed by atoms with Crippen molar-refractivity contribution < 1.29 is 4.42 Å². The van der Waals surface area contributed by atoms with Crippen LogP contribution in [0.3, 0.4) is 0 Å². The maximum atomic E-state index is 5.79. The molecule has 114 valence electrons. The standard InChI is InChI=1S/C15H17N5OS/c1-9-5-7-12(8-6-9)14-18-17-13(21-14)10(2)22-15-19-16-11(3)20(15)4/h5-8,10H,1-4H3/t10-/m0/s1. The van der Waals surface area contributed by atoms with E-state index in [1.54, 1.807) is 11.8 Å². The molecule has 2 aromatic heterocycles. The number of benzene rings is 1. The first-order valence-electron chi connectivity index (χ1n) is 6.97. The van der Waals surface area contributed by atoms with Gasteiger partial charge in [0.2, 0.25) is 11.8 Å². The highest BCUT2D eigenvalue weighted by Gasteiger charge is 2.19. The Morgan fingerprint density at radius 3 is 2.41 bits per heavy atom. The molecule has 1 aromatic carbocycles. The van der Waals surface area contributed by atoms with Gasteiger partial charge in [0.1, 0.15) is 5.82 Å². The fraction of sp³-hybridized carbons (Fsp3) is 0.333. The van der Waals surface area contributed by atoms with Crippen molar-refractivity contribution in [3.63, 3.8) is 0 Å². The van der Waals surface area contributed by atoms with E-state index in [0.717, 1.165) is 16.5 Å². The molecule has 0 fully saturated rings. The van der Waals surface area contributed by atoms with E-state index >= 15 is 0 Å². The first-order chi connectivity index (χ1) is 10.5. The molecule has 0 radical (unpaired) electrons. The summed E-state index contributed by atoms with van der Waals surface area (Å²) in [7, 11) is 1.94. The van der Waals surface area contributed by atoms with E-state index in [4.69, 9.17) is 4.42 Å². The fourth-order valence-corrected chi connectivity index (χ4v) is 2.80. The number of aromatic nitrogens is 5. The molecular weight excluding hydrogens is 298 g/mol. The summed E-state index contributed by atoms with van der Waals surface area (Å²) >= 11 is 1.55. The third-order valence-electron chi connectivity index (χ3n) is 3.42. The van der Waals surface area contributed by atoms with Crippen molar-refractivity contribution in [2.75, 3.05) is 0 Å². The van der Waals surface area contributed by atoms with E-state index in [2.05, 4.69) is 20.4 Å². The highest BCUT2D eigenvalue weighted by Crippen LogP contribution is 2.34. The minimum atomic E-state index is 0.00833. The van der Waals surface area contributed by atoms with Gasteiger partial charge in [-0.1, -0.05) is 29.5 Å². The van der Waals surface area contributed by atoms with Crippen molar-refractivity contribution in [3.05, 3.63) is 41.5 Å². The average molecular weight is 315 g/mol. The summed E-state index contributed by atoms with van der Waals surface area (Å²) in [6, 6.07) is 8.02. The number of rotatable bonds is 4. The lowest BCUT2D eigenvalue weighted by molar-refractivity contribution is 0.508. The minimum absolute atomic E-state index is 0.00833. The maximum Gasteiger partial charge on any atom is 0.247 e. The Hall–Kier alpha value is -2.15. The Balaban J connectivity index is 1.78. The van der Waals surface area contributed by atoms with Gasteiger partial charge in [-0.3, -0.25) is 0 Å². The number of nitrogens with zero attached hydrogens (tertiary/aromatic N) is 5. The molecule has 0 N–H and O–H groups in total. The third-order valence-corrected chi connectivity index (χ3v) is 4.54. The lowest BCUT2D eigenvalue weighted by Gasteiger charge is -2.05. The Bertz CT molecular complexity index is 778. The molecular formula is C15H17N5OS. The first-order valence-corrected chi connectivity index (χ1v) is 7.85. The maximum absolute atomic E-state index is 5.79. The number of thioether (sulfide) groups is 1. The van der Waals surface area contributed by atoms with Crippen molar-refractivity contribution >= 4 is 11.8 Å². The summed E-state index contributed by atoms with van der Waals surface area (Å²) in [5.74, 6) is 2.00. The highest BCUT2D eigenvalue weighted by atomic mass is 32.2. The first kappa shape index (κ1) is 14.8. The molecule has 6 nitrogen and oxygen atoms in total. The minimum Gasteiger partial charge on any atom is -0.419 e. The number of aryl methyl sites for hydroxylation is 2. The Kier molecular flexibility index (Phi) is 3.98. The second-order valence-corrected chi connectivity index (χ2v) is 6.47.